The first-order valence-corrected chi connectivity index (χ1v) is 7.01. The Morgan fingerprint density at radius 3 is 2.84 bits per heavy atom. The molecule has 0 saturated heterocycles. The molecule has 0 bridgehead atoms. The molecule has 0 aliphatic carbocycles. The summed E-state index contributed by atoms with van der Waals surface area (Å²) in [6.45, 7) is 2.68. The number of hydrogen-bond acceptors (Lipinski definition) is 2. The number of carboxylic acids is 1. The summed E-state index contributed by atoms with van der Waals surface area (Å²) >= 11 is 3.49. The number of aromatic carboxylic acids is 1. The van der Waals surface area contributed by atoms with Crippen LogP contribution in [0, 0.1) is 0 Å². The lowest BCUT2D eigenvalue weighted by Crippen LogP contribution is -2.01. The van der Waals surface area contributed by atoms with Crippen molar-refractivity contribution in [2.45, 2.75) is 19.8 Å². The summed E-state index contributed by atoms with van der Waals surface area (Å²) in [7, 11) is 0. The number of fused-ring (bicyclic) bond motifs is 1. The van der Waals surface area contributed by atoms with Crippen molar-refractivity contribution in [1.29, 1.82) is 0 Å². The molecule has 3 nitrogen and oxygen atoms in total. The number of carbonyl (C=O) groups is 1. The van der Waals surface area contributed by atoms with Crippen LogP contribution in [0.5, 0.6) is 5.75 Å². The summed E-state index contributed by atoms with van der Waals surface area (Å²) in [5.74, 6) is -0.321. The Bertz CT molecular complexity index is 608. The van der Waals surface area contributed by atoms with Crippen molar-refractivity contribution in [2.24, 2.45) is 0 Å². The molecule has 0 aliphatic heterocycles. The van der Waals surface area contributed by atoms with Crippen molar-refractivity contribution in [2.75, 3.05) is 6.61 Å². The van der Waals surface area contributed by atoms with Crippen LogP contribution >= 0.6 is 15.9 Å². The second-order valence-electron chi connectivity index (χ2n) is 4.32. The van der Waals surface area contributed by atoms with Gasteiger partial charge in [0.05, 0.1) is 12.2 Å². The number of halogens is 1. The van der Waals surface area contributed by atoms with Crippen molar-refractivity contribution >= 4 is 32.7 Å². The highest BCUT2D eigenvalue weighted by Gasteiger charge is 2.12. The summed E-state index contributed by atoms with van der Waals surface area (Å²) in [6, 6.07) is 8.95. The molecule has 2 rings (SSSR count). The van der Waals surface area contributed by atoms with Crippen LogP contribution < -0.4 is 4.74 Å². The predicted octanol–water partition coefficient (Wildman–Crippen LogP) is 4.48. The predicted molar refractivity (Wildman–Crippen MR) is 79.0 cm³/mol. The number of ether oxygens (including phenoxy) is 1. The second-order valence-corrected chi connectivity index (χ2v) is 5.17. The summed E-state index contributed by atoms with van der Waals surface area (Å²) in [5.41, 5.74) is 0.247. The maximum atomic E-state index is 11.1. The Kier molecular flexibility index (Phi) is 4.43. The van der Waals surface area contributed by atoms with E-state index < -0.39 is 5.97 Å². The minimum atomic E-state index is -0.942. The lowest BCUT2D eigenvalue weighted by molar-refractivity contribution is 0.0696. The minimum Gasteiger partial charge on any atom is -0.493 e. The Hall–Kier alpha value is -1.55. The first kappa shape index (κ1) is 13.9. The molecule has 0 radical (unpaired) electrons. The molecule has 0 aromatic heterocycles. The molecule has 1 N–H and O–H groups in total. The van der Waals surface area contributed by atoms with Crippen molar-refractivity contribution in [3.8, 4) is 5.75 Å². The van der Waals surface area contributed by atoms with Crippen molar-refractivity contribution in [3.05, 3.63) is 40.4 Å². The van der Waals surface area contributed by atoms with Crippen LogP contribution in [0.2, 0.25) is 0 Å². The van der Waals surface area contributed by atoms with E-state index in [4.69, 9.17) is 9.84 Å². The SMILES string of the molecule is CCCCOc1cc(C(=O)O)cc2cccc(Br)c12. The maximum Gasteiger partial charge on any atom is 0.335 e. The summed E-state index contributed by atoms with van der Waals surface area (Å²) in [5, 5.41) is 10.9. The molecule has 0 unspecified atom stereocenters. The molecule has 2 aromatic carbocycles. The first-order chi connectivity index (χ1) is 9.13. The van der Waals surface area contributed by atoms with Gasteiger partial charge >= 0.3 is 5.97 Å². The number of rotatable bonds is 5. The van der Waals surface area contributed by atoms with E-state index in [-0.39, 0.29) is 5.56 Å². The molecule has 2 aromatic rings. The van der Waals surface area contributed by atoms with Gasteiger partial charge in [-0.15, -0.1) is 0 Å². The van der Waals surface area contributed by atoms with Gasteiger partial charge in [0.1, 0.15) is 5.75 Å². The zero-order chi connectivity index (χ0) is 13.8. The van der Waals surface area contributed by atoms with E-state index in [0.717, 1.165) is 28.1 Å². The monoisotopic (exact) mass is 322 g/mol. The van der Waals surface area contributed by atoms with E-state index >= 15 is 0 Å². The van der Waals surface area contributed by atoms with Gasteiger partial charge in [-0.2, -0.15) is 0 Å². The lowest BCUT2D eigenvalue weighted by atomic mass is 10.1. The Morgan fingerprint density at radius 2 is 2.16 bits per heavy atom. The molecule has 0 fully saturated rings. The van der Waals surface area contributed by atoms with Gasteiger partial charge in [0.25, 0.3) is 0 Å². The normalized spacial score (nSPS) is 10.6. The van der Waals surface area contributed by atoms with Crippen LogP contribution in [0.4, 0.5) is 0 Å². The molecule has 19 heavy (non-hydrogen) atoms. The van der Waals surface area contributed by atoms with E-state index in [1.54, 1.807) is 12.1 Å². The molecular formula is C15H15BrO3. The Morgan fingerprint density at radius 1 is 1.37 bits per heavy atom. The fourth-order valence-electron chi connectivity index (χ4n) is 1.91. The van der Waals surface area contributed by atoms with E-state index in [9.17, 15) is 4.79 Å². The van der Waals surface area contributed by atoms with Crippen molar-refractivity contribution in [3.63, 3.8) is 0 Å². The lowest BCUT2D eigenvalue weighted by Gasteiger charge is -2.11. The van der Waals surface area contributed by atoms with Crippen LogP contribution in [0.25, 0.3) is 10.8 Å². The van der Waals surface area contributed by atoms with Crippen LogP contribution in [0.15, 0.2) is 34.8 Å². The van der Waals surface area contributed by atoms with Gasteiger partial charge < -0.3 is 9.84 Å². The van der Waals surface area contributed by atoms with Gasteiger partial charge in [-0.25, -0.2) is 4.79 Å². The van der Waals surface area contributed by atoms with Crippen LogP contribution in [0.3, 0.4) is 0 Å². The van der Waals surface area contributed by atoms with Crippen LogP contribution in [-0.4, -0.2) is 17.7 Å². The highest BCUT2D eigenvalue weighted by atomic mass is 79.9. The second kappa shape index (κ2) is 6.06. The molecule has 0 saturated carbocycles. The molecule has 0 atom stereocenters. The summed E-state index contributed by atoms with van der Waals surface area (Å²) in [6.07, 6.45) is 1.99. The van der Waals surface area contributed by atoms with Gasteiger partial charge in [0, 0.05) is 9.86 Å². The molecule has 0 amide bonds. The standard InChI is InChI=1S/C15H15BrO3/c1-2-3-7-19-13-9-11(15(17)18)8-10-5-4-6-12(16)14(10)13/h4-6,8-9H,2-3,7H2,1H3,(H,17,18). The number of carboxylic acid groups (broad SMARTS) is 1. The highest BCUT2D eigenvalue weighted by Crippen LogP contribution is 2.34. The minimum absolute atomic E-state index is 0.247. The highest BCUT2D eigenvalue weighted by molar-refractivity contribution is 9.10. The third-order valence-electron chi connectivity index (χ3n) is 2.89. The first-order valence-electron chi connectivity index (χ1n) is 6.22. The quantitative estimate of drug-likeness (QED) is 0.825. The maximum absolute atomic E-state index is 11.1. The topological polar surface area (TPSA) is 46.5 Å². The average molecular weight is 323 g/mol. The zero-order valence-corrected chi connectivity index (χ0v) is 12.2. The Labute approximate surface area is 120 Å². The smallest absolute Gasteiger partial charge is 0.335 e. The fourth-order valence-corrected chi connectivity index (χ4v) is 2.48. The molecule has 0 spiro atoms. The van der Waals surface area contributed by atoms with E-state index in [0.29, 0.717) is 12.4 Å². The zero-order valence-electron chi connectivity index (χ0n) is 10.6. The molecular weight excluding hydrogens is 308 g/mol. The van der Waals surface area contributed by atoms with Gasteiger partial charge in [-0.3, -0.25) is 0 Å². The third-order valence-corrected chi connectivity index (χ3v) is 3.55. The van der Waals surface area contributed by atoms with Gasteiger partial charge in [0.15, 0.2) is 0 Å². The van der Waals surface area contributed by atoms with E-state index in [2.05, 4.69) is 22.9 Å². The van der Waals surface area contributed by atoms with Gasteiger partial charge in [-0.05, 0) is 30.0 Å². The van der Waals surface area contributed by atoms with E-state index in [1.165, 1.54) is 0 Å². The van der Waals surface area contributed by atoms with Gasteiger partial charge in [0.2, 0.25) is 0 Å². The fraction of sp³-hybridized carbons (Fsp3) is 0.267. The number of unbranched alkanes of at least 4 members (excludes halogenated alkanes) is 1. The number of hydrogen-bond donors (Lipinski definition) is 1. The average Bonchev–Trinajstić information content (AvgIpc) is 2.38. The largest absolute Gasteiger partial charge is 0.493 e. The molecule has 0 aliphatic rings. The third kappa shape index (κ3) is 3.07. The molecule has 100 valence electrons. The Balaban J connectivity index is 2.53. The molecule has 4 heteroatoms. The van der Waals surface area contributed by atoms with Crippen molar-refractivity contribution < 1.29 is 14.6 Å². The summed E-state index contributed by atoms with van der Waals surface area (Å²) < 4.78 is 6.65. The van der Waals surface area contributed by atoms with Crippen molar-refractivity contribution in [1.82, 2.24) is 0 Å². The van der Waals surface area contributed by atoms with Gasteiger partial charge in [-0.1, -0.05) is 41.4 Å². The van der Waals surface area contributed by atoms with Crippen LogP contribution in [-0.2, 0) is 0 Å². The molecule has 0 heterocycles. The van der Waals surface area contributed by atoms with E-state index in [1.807, 2.05) is 18.2 Å². The summed E-state index contributed by atoms with van der Waals surface area (Å²) in [4.78, 5) is 11.1. The van der Waals surface area contributed by atoms with Crippen LogP contribution in [0.1, 0.15) is 30.1 Å². The number of benzene rings is 2.